The van der Waals surface area contributed by atoms with Crippen LogP contribution < -0.4 is 10.6 Å². The van der Waals surface area contributed by atoms with Crippen LogP contribution in [-0.4, -0.2) is 18.4 Å². The molecule has 0 heterocycles. The van der Waals surface area contributed by atoms with Gasteiger partial charge in [0.15, 0.2) is 0 Å². The molecule has 0 fully saturated rings. The minimum Gasteiger partial charge on any atom is -0.350 e. The molecule has 0 saturated heterocycles. The number of amides is 2. The molecule has 0 radical (unpaired) electrons. The maximum absolute atomic E-state index is 12.6. The van der Waals surface area contributed by atoms with E-state index in [0.29, 0.717) is 11.1 Å². The molecule has 25 heavy (non-hydrogen) atoms. The highest BCUT2D eigenvalue weighted by atomic mass is 79.9. The predicted molar refractivity (Wildman–Crippen MR) is 89.8 cm³/mol. The number of halogens is 4. The molecule has 0 aliphatic rings. The summed E-state index contributed by atoms with van der Waals surface area (Å²) in [4.78, 5) is 23.6. The fraction of sp³-hybridized carbons (Fsp3) is 0.176. The summed E-state index contributed by atoms with van der Waals surface area (Å²) in [7, 11) is 0. The summed E-state index contributed by atoms with van der Waals surface area (Å²) in [5, 5.41) is 4.91. The molecule has 0 bridgehead atoms. The van der Waals surface area contributed by atoms with Gasteiger partial charge in [-0.15, -0.1) is 0 Å². The monoisotopic (exact) mass is 414 g/mol. The van der Waals surface area contributed by atoms with Crippen molar-refractivity contribution < 1.29 is 22.8 Å². The first kappa shape index (κ1) is 19.0. The number of carbonyl (C=O) groups excluding carboxylic acids is 2. The number of hydrogen-bond donors (Lipinski definition) is 2. The highest BCUT2D eigenvalue weighted by Gasteiger charge is 2.30. The highest BCUT2D eigenvalue weighted by Crippen LogP contribution is 2.29. The number of hydrogen-bond acceptors (Lipinski definition) is 2. The van der Waals surface area contributed by atoms with Gasteiger partial charge in [0.25, 0.3) is 5.91 Å². The van der Waals surface area contributed by atoms with Crippen molar-refractivity contribution in [2.45, 2.75) is 12.7 Å². The van der Waals surface area contributed by atoms with Crippen LogP contribution in [0.2, 0.25) is 0 Å². The van der Waals surface area contributed by atoms with Gasteiger partial charge in [-0.2, -0.15) is 13.2 Å². The molecule has 0 spiro atoms. The van der Waals surface area contributed by atoms with Crippen LogP contribution in [0.5, 0.6) is 0 Å². The molecular weight excluding hydrogens is 401 g/mol. The molecule has 4 nitrogen and oxygen atoms in total. The molecule has 0 saturated carbocycles. The van der Waals surface area contributed by atoms with Gasteiger partial charge in [-0.05, 0) is 35.9 Å². The minimum absolute atomic E-state index is 0.0600. The molecule has 0 aromatic heterocycles. The van der Waals surface area contributed by atoms with E-state index in [4.69, 9.17) is 0 Å². The zero-order valence-electron chi connectivity index (χ0n) is 12.9. The Morgan fingerprint density at radius 3 is 2.40 bits per heavy atom. The average Bonchev–Trinajstić information content (AvgIpc) is 2.57. The lowest BCUT2D eigenvalue weighted by Gasteiger charge is -2.10. The topological polar surface area (TPSA) is 58.2 Å². The molecule has 2 N–H and O–H groups in total. The second kappa shape index (κ2) is 8.15. The summed E-state index contributed by atoms with van der Waals surface area (Å²) >= 11 is 3.24. The molecule has 2 aromatic rings. The molecule has 132 valence electrons. The Labute approximate surface area is 150 Å². The van der Waals surface area contributed by atoms with Gasteiger partial charge in [0, 0.05) is 16.6 Å². The van der Waals surface area contributed by atoms with Crippen molar-refractivity contribution >= 4 is 27.7 Å². The predicted octanol–water partition coefficient (Wildman–Crippen LogP) is 3.51. The van der Waals surface area contributed by atoms with Crippen molar-refractivity contribution in [2.24, 2.45) is 0 Å². The van der Waals surface area contributed by atoms with Gasteiger partial charge in [-0.25, -0.2) is 0 Å². The Morgan fingerprint density at radius 2 is 1.72 bits per heavy atom. The molecule has 2 amide bonds. The van der Waals surface area contributed by atoms with E-state index < -0.39 is 23.6 Å². The summed E-state index contributed by atoms with van der Waals surface area (Å²) in [5.41, 5.74) is -0.0660. The Hall–Kier alpha value is -2.35. The van der Waals surface area contributed by atoms with Crippen LogP contribution in [0, 0.1) is 0 Å². The second-order valence-electron chi connectivity index (χ2n) is 5.17. The summed E-state index contributed by atoms with van der Waals surface area (Å²) < 4.78 is 38.6. The fourth-order valence-corrected chi connectivity index (χ4v) is 2.41. The molecule has 2 aromatic carbocycles. The van der Waals surface area contributed by atoms with E-state index in [0.717, 1.165) is 16.6 Å². The lowest BCUT2D eigenvalue weighted by atomic mass is 10.1. The molecular formula is C17H14BrF3N2O2. The van der Waals surface area contributed by atoms with Gasteiger partial charge in [0.05, 0.1) is 12.1 Å². The second-order valence-corrected chi connectivity index (χ2v) is 6.08. The van der Waals surface area contributed by atoms with E-state index in [9.17, 15) is 22.8 Å². The van der Waals surface area contributed by atoms with Crippen LogP contribution in [0.1, 0.15) is 21.5 Å². The molecule has 0 atom stereocenters. The Balaban J connectivity index is 1.84. The highest BCUT2D eigenvalue weighted by molar-refractivity contribution is 9.10. The van der Waals surface area contributed by atoms with E-state index in [-0.39, 0.29) is 13.1 Å². The zero-order chi connectivity index (χ0) is 18.4. The van der Waals surface area contributed by atoms with E-state index in [1.165, 1.54) is 12.1 Å². The SMILES string of the molecule is O=C(CNC(=O)c1cccc(Br)c1)NCc1cccc(C(F)(F)F)c1. The quantitative estimate of drug-likeness (QED) is 0.786. The Morgan fingerprint density at radius 1 is 1.00 bits per heavy atom. The maximum Gasteiger partial charge on any atom is 0.416 e. The Bertz CT molecular complexity index is 778. The molecule has 0 aliphatic carbocycles. The lowest BCUT2D eigenvalue weighted by Crippen LogP contribution is -2.36. The first-order valence-corrected chi connectivity index (χ1v) is 8.01. The van der Waals surface area contributed by atoms with Crippen LogP contribution in [-0.2, 0) is 17.5 Å². The van der Waals surface area contributed by atoms with Crippen LogP contribution in [0.25, 0.3) is 0 Å². The van der Waals surface area contributed by atoms with Crippen molar-refractivity contribution in [1.29, 1.82) is 0 Å². The third-order valence-electron chi connectivity index (χ3n) is 3.24. The van der Waals surface area contributed by atoms with Gasteiger partial charge >= 0.3 is 6.18 Å². The zero-order valence-corrected chi connectivity index (χ0v) is 14.4. The summed E-state index contributed by atoms with van der Waals surface area (Å²) in [6.07, 6.45) is -4.43. The van der Waals surface area contributed by atoms with E-state index >= 15 is 0 Å². The molecule has 0 unspecified atom stereocenters. The van der Waals surface area contributed by atoms with Crippen LogP contribution in [0.15, 0.2) is 53.0 Å². The summed E-state index contributed by atoms with van der Waals surface area (Å²) in [6.45, 7) is -0.334. The standard InChI is InChI=1S/C17H14BrF3N2O2/c18-14-6-2-4-12(8-14)16(25)23-10-15(24)22-9-11-3-1-5-13(7-11)17(19,20)21/h1-8H,9-10H2,(H,22,24)(H,23,25). The third kappa shape index (κ3) is 5.90. The molecule has 0 aliphatic heterocycles. The normalized spacial score (nSPS) is 11.0. The molecule has 2 rings (SSSR count). The number of benzene rings is 2. The number of nitrogens with one attached hydrogen (secondary N) is 2. The molecule has 8 heteroatoms. The minimum atomic E-state index is -4.43. The third-order valence-corrected chi connectivity index (χ3v) is 3.73. The van der Waals surface area contributed by atoms with E-state index in [2.05, 4.69) is 26.6 Å². The van der Waals surface area contributed by atoms with Crippen LogP contribution in [0.3, 0.4) is 0 Å². The van der Waals surface area contributed by atoms with Gasteiger partial charge in [-0.1, -0.05) is 34.1 Å². The van der Waals surface area contributed by atoms with Crippen molar-refractivity contribution in [3.8, 4) is 0 Å². The van der Waals surface area contributed by atoms with Crippen molar-refractivity contribution in [2.75, 3.05) is 6.54 Å². The van der Waals surface area contributed by atoms with Gasteiger partial charge in [-0.3, -0.25) is 9.59 Å². The van der Waals surface area contributed by atoms with Crippen molar-refractivity contribution in [3.05, 3.63) is 69.7 Å². The summed E-state index contributed by atoms with van der Waals surface area (Å²) in [6, 6.07) is 11.3. The van der Waals surface area contributed by atoms with E-state index in [1.54, 1.807) is 24.3 Å². The van der Waals surface area contributed by atoms with Gasteiger partial charge in [0.1, 0.15) is 0 Å². The van der Waals surface area contributed by atoms with Gasteiger partial charge in [0.2, 0.25) is 5.91 Å². The van der Waals surface area contributed by atoms with Crippen LogP contribution in [0.4, 0.5) is 13.2 Å². The number of alkyl halides is 3. The van der Waals surface area contributed by atoms with Gasteiger partial charge < -0.3 is 10.6 Å². The first-order chi connectivity index (χ1) is 11.8. The smallest absolute Gasteiger partial charge is 0.350 e. The number of rotatable bonds is 5. The fourth-order valence-electron chi connectivity index (χ4n) is 2.01. The van der Waals surface area contributed by atoms with Crippen LogP contribution >= 0.6 is 15.9 Å². The lowest BCUT2D eigenvalue weighted by molar-refractivity contribution is -0.137. The largest absolute Gasteiger partial charge is 0.416 e. The first-order valence-electron chi connectivity index (χ1n) is 7.22. The summed E-state index contributed by atoms with van der Waals surface area (Å²) in [5.74, 6) is -0.920. The van der Waals surface area contributed by atoms with E-state index in [1.807, 2.05) is 0 Å². The van der Waals surface area contributed by atoms with Crippen molar-refractivity contribution in [1.82, 2.24) is 10.6 Å². The maximum atomic E-state index is 12.6. The number of carbonyl (C=O) groups is 2. The average molecular weight is 415 g/mol. The van der Waals surface area contributed by atoms with Crippen molar-refractivity contribution in [3.63, 3.8) is 0 Å². The Kier molecular flexibility index (Phi) is 6.19.